The van der Waals surface area contributed by atoms with Crippen LogP contribution in [0.15, 0.2) is 0 Å². The smallest absolute Gasteiger partial charge is 0.248 e. The Morgan fingerprint density at radius 2 is 2.00 bits per heavy atom. The van der Waals surface area contributed by atoms with Crippen LogP contribution in [0.1, 0.15) is 32.6 Å². The van der Waals surface area contributed by atoms with Crippen molar-refractivity contribution in [2.75, 3.05) is 6.61 Å². The van der Waals surface area contributed by atoms with Gasteiger partial charge >= 0.3 is 0 Å². The van der Waals surface area contributed by atoms with Crippen molar-refractivity contribution in [3.8, 4) is 0 Å². The van der Waals surface area contributed by atoms with E-state index in [1.807, 2.05) is 0 Å². The van der Waals surface area contributed by atoms with Crippen molar-refractivity contribution in [1.82, 2.24) is 0 Å². The second-order valence-corrected chi connectivity index (χ2v) is 2.89. The van der Waals surface area contributed by atoms with Crippen LogP contribution in [0.5, 0.6) is 0 Å². The molecule has 0 saturated carbocycles. The Balaban J connectivity index is 3.63. The summed E-state index contributed by atoms with van der Waals surface area (Å²) >= 11 is 0. The summed E-state index contributed by atoms with van der Waals surface area (Å²) in [5.74, 6) is -3.02. The van der Waals surface area contributed by atoms with E-state index in [2.05, 4.69) is 0 Å². The Morgan fingerprint density at radius 1 is 1.42 bits per heavy atom. The minimum Gasteiger partial charge on any atom is -0.396 e. The molecule has 0 rings (SSSR count). The number of alkyl halides is 2. The van der Waals surface area contributed by atoms with Crippen LogP contribution in [0.3, 0.4) is 0 Å². The van der Waals surface area contributed by atoms with Gasteiger partial charge in [0.2, 0.25) is 5.92 Å². The van der Waals surface area contributed by atoms with Crippen molar-refractivity contribution < 1.29 is 18.7 Å². The number of carbonyl (C=O) groups excluding carboxylic acids is 1. The van der Waals surface area contributed by atoms with E-state index in [0.717, 1.165) is 0 Å². The first-order valence-corrected chi connectivity index (χ1v) is 3.96. The quantitative estimate of drug-likeness (QED) is 0.676. The molecular weight excluding hydrogens is 166 g/mol. The molecule has 0 radical (unpaired) electrons. The van der Waals surface area contributed by atoms with Gasteiger partial charge in [-0.2, -0.15) is 0 Å². The molecule has 0 atom stereocenters. The van der Waals surface area contributed by atoms with E-state index in [4.69, 9.17) is 5.11 Å². The fraction of sp³-hybridized carbons (Fsp3) is 0.875. The first kappa shape index (κ1) is 11.5. The van der Waals surface area contributed by atoms with Gasteiger partial charge in [-0.05, 0) is 13.3 Å². The molecule has 0 bridgehead atoms. The molecule has 0 aliphatic rings. The molecule has 0 fully saturated rings. The zero-order valence-corrected chi connectivity index (χ0v) is 7.15. The van der Waals surface area contributed by atoms with Gasteiger partial charge in [-0.1, -0.05) is 0 Å². The van der Waals surface area contributed by atoms with Crippen molar-refractivity contribution in [2.24, 2.45) is 0 Å². The van der Waals surface area contributed by atoms with Crippen molar-refractivity contribution >= 4 is 5.78 Å². The third-order valence-electron chi connectivity index (χ3n) is 1.54. The van der Waals surface area contributed by atoms with Crippen molar-refractivity contribution in [2.45, 2.75) is 38.5 Å². The van der Waals surface area contributed by atoms with Gasteiger partial charge in [0.15, 0.2) is 0 Å². The lowest BCUT2D eigenvalue weighted by molar-refractivity contribution is -0.119. The zero-order chi connectivity index (χ0) is 9.61. The fourth-order valence-corrected chi connectivity index (χ4v) is 0.822. The number of ketones is 1. The lowest BCUT2D eigenvalue weighted by atomic mass is 10.1. The summed E-state index contributed by atoms with van der Waals surface area (Å²) < 4.78 is 25.4. The van der Waals surface area contributed by atoms with Crippen molar-refractivity contribution in [1.29, 1.82) is 0 Å². The SMILES string of the molecule is CC(=O)CCC(F)(F)CCCO. The number of Topliss-reactive ketones (excluding diaryl/α,β-unsaturated/α-hetero) is 1. The average molecular weight is 180 g/mol. The third-order valence-corrected chi connectivity index (χ3v) is 1.54. The van der Waals surface area contributed by atoms with E-state index in [0.29, 0.717) is 0 Å². The molecule has 0 aromatic carbocycles. The Hall–Kier alpha value is -0.510. The number of rotatable bonds is 6. The maximum atomic E-state index is 12.7. The highest BCUT2D eigenvalue weighted by Crippen LogP contribution is 2.25. The third kappa shape index (κ3) is 6.22. The molecule has 0 aliphatic heterocycles. The predicted molar refractivity (Wildman–Crippen MR) is 41.2 cm³/mol. The van der Waals surface area contributed by atoms with Crippen LogP contribution in [0, 0.1) is 0 Å². The molecule has 2 nitrogen and oxygen atoms in total. The van der Waals surface area contributed by atoms with Gasteiger partial charge in [0.25, 0.3) is 0 Å². The van der Waals surface area contributed by atoms with E-state index < -0.39 is 12.3 Å². The van der Waals surface area contributed by atoms with E-state index in [9.17, 15) is 13.6 Å². The van der Waals surface area contributed by atoms with Crippen LogP contribution < -0.4 is 0 Å². The normalized spacial score (nSPS) is 11.7. The Kier molecular flexibility index (Phi) is 4.97. The highest BCUT2D eigenvalue weighted by Gasteiger charge is 2.27. The average Bonchev–Trinajstić information content (AvgIpc) is 1.98. The molecule has 0 aromatic rings. The van der Waals surface area contributed by atoms with Gasteiger partial charge in [-0.3, -0.25) is 0 Å². The number of halogens is 2. The highest BCUT2D eigenvalue weighted by atomic mass is 19.3. The molecule has 0 saturated heterocycles. The van der Waals surface area contributed by atoms with Gasteiger partial charge in [-0.15, -0.1) is 0 Å². The summed E-state index contributed by atoms with van der Waals surface area (Å²) in [6.07, 6.45) is -0.734. The van der Waals surface area contributed by atoms with Gasteiger partial charge in [0, 0.05) is 25.9 Å². The number of aliphatic hydroxyl groups excluding tert-OH is 1. The number of hydrogen-bond acceptors (Lipinski definition) is 2. The van der Waals surface area contributed by atoms with Gasteiger partial charge in [-0.25, -0.2) is 8.78 Å². The molecule has 1 N–H and O–H groups in total. The second kappa shape index (κ2) is 5.19. The number of aliphatic hydroxyl groups is 1. The van der Waals surface area contributed by atoms with E-state index in [-0.39, 0.29) is 31.7 Å². The van der Waals surface area contributed by atoms with Gasteiger partial charge in [0.05, 0.1) is 0 Å². The predicted octanol–water partition coefficient (Wildman–Crippen LogP) is 1.76. The van der Waals surface area contributed by atoms with Crippen LogP contribution in [-0.2, 0) is 4.79 Å². The molecule has 72 valence electrons. The topological polar surface area (TPSA) is 37.3 Å². The molecule has 12 heavy (non-hydrogen) atoms. The maximum Gasteiger partial charge on any atom is 0.248 e. The van der Waals surface area contributed by atoms with Crippen LogP contribution in [0.2, 0.25) is 0 Å². The largest absolute Gasteiger partial charge is 0.396 e. The van der Waals surface area contributed by atoms with E-state index in [1.165, 1.54) is 6.92 Å². The molecule has 0 aliphatic carbocycles. The minimum absolute atomic E-state index is 0.0849. The summed E-state index contributed by atoms with van der Waals surface area (Å²) in [6, 6.07) is 0. The molecule has 4 heteroatoms. The van der Waals surface area contributed by atoms with Crippen LogP contribution in [-0.4, -0.2) is 23.4 Å². The van der Waals surface area contributed by atoms with Crippen molar-refractivity contribution in [3.63, 3.8) is 0 Å². The Morgan fingerprint density at radius 3 is 2.42 bits per heavy atom. The zero-order valence-electron chi connectivity index (χ0n) is 7.15. The minimum atomic E-state index is -2.80. The molecule has 0 aromatic heterocycles. The van der Waals surface area contributed by atoms with Gasteiger partial charge < -0.3 is 9.90 Å². The fourth-order valence-electron chi connectivity index (χ4n) is 0.822. The first-order chi connectivity index (χ1) is 5.48. The van der Waals surface area contributed by atoms with Crippen molar-refractivity contribution in [3.05, 3.63) is 0 Å². The lowest BCUT2D eigenvalue weighted by Gasteiger charge is -2.14. The molecular formula is C8H14F2O2. The summed E-state index contributed by atoms with van der Waals surface area (Å²) in [6.45, 7) is 1.07. The van der Waals surface area contributed by atoms with E-state index >= 15 is 0 Å². The Labute approximate surface area is 70.6 Å². The van der Waals surface area contributed by atoms with Gasteiger partial charge in [0.1, 0.15) is 5.78 Å². The lowest BCUT2D eigenvalue weighted by Crippen LogP contribution is -2.17. The molecule has 0 amide bonds. The molecule has 0 heterocycles. The summed E-state index contributed by atoms with van der Waals surface area (Å²) in [7, 11) is 0. The van der Waals surface area contributed by atoms with Crippen LogP contribution in [0.4, 0.5) is 8.78 Å². The maximum absolute atomic E-state index is 12.7. The molecule has 0 spiro atoms. The summed E-state index contributed by atoms with van der Waals surface area (Å²) in [5.41, 5.74) is 0. The van der Waals surface area contributed by atoms with E-state index in [1.54, 1.807) is 0 Å². The standard InChI is InChI=1S/C8H14F2O2/c1-7(12)3-5-8(9,10)4-2-6-11/h11H,2-6H2,1H3. The Bertz CT molecular complexity index is 146. The number of hydrogen-bond donors (Lipinski definition) is 1. The summed E-state index contributed by atoms with van der Waals surface area (Å²) in [4.78, 5) is 10.4. The molecule has 0 unspecified atom stereocenters. The number of carbonyl (C=O) groups is 1. The van der Waals surface area contributed by atoms with Crippen LogP contribution >= 0.6 is 0 Å². The first-order valence-electron chi connectivity index (χ1n) is 3.96. The second-order valence-electron chi connectivity index (χ2n) is 2.89. The monoisotopic (exact) mass is 180 g/mol. The van der Waals surface area contributed by atoms with Crippen LogP contribution in [0.25, 0.3) is 0 Å². The highest BCUT2D eigenvalue weighted by molar-refractivity contribution is 5.75. The summed E-state index contributed by atoms with van der Waals surface area (Å²) in [5, 5.41) is 8.31.